The Kier molecular flexibility index (Phi) is 3.06. The van der Waals surface area contributed by atoms with Crippen LogP contribution in [0.25, 0.3) is 11.1 Å². The van der Waals surface area contributed by atoms with Crippen molar-refractivity contribution >= 4 is 16.9 Å². The summed E-state index contributed by atoms with van der Waals surface area (Å²) in [6.45, 7) is 3.82. The Morgan fingerprint density at radius 2 is 2.18 bits per heavy atom. The van der Waals surface area contributed by atoms with Crippen molar-refractivity contribution in [1.29, 1.82) is 0 Å². The van der Waals surface area contributed by atoms with E-state index < -0.39 is 0 Å². The monoisotopic (exact) mass is 298 g/mol. The van der Waals surface area contributed by atoms with Crippen LogP contribution in [0.15, 0.2) is 23.2 Å². The molecule has 4 heterocycles. The summed E-state index contributed by atoms with van der Waals surface area (Å²) in [5.74, 6) is 2.47. The maximum absolute atomic E-state index is 5.25. The van der Waals surface area contributed by atoms with E-state index in [1.807, 2.05) is 26.4 Å². The van der Waals surface area contributed by atoms with Gasteiger partial charge in [0.2, 0.25) is 0 Å². The van der Waals surface area contributed by atoms with E-state index in [9.17, 15) is 0 Å². The van der Waals surface area contributed by atoms with Crippen molar-refractivity contribution in [2.45, 2.75) is 25.7 Å². The van der Waals surface area contributed by atoms with E-state index in [1.165, 1.54) is 0 Å². The van der Waals surface area contributed by atoms with Gasteiger partial charge in [0.15, 0.2) is 0 Å². The number of hydrogen-bond donors (Lipinski definition) is 0. The average molecular weight is 298 g/mol. The highest BCUT2D eigenvalue weighted by atomic mass is 16.5. The molecular formula is C15H18N6O. The van der Waals surface area contributed by atoms with Crippen LogP contribution in [0.3, 0.4) is 0 Å². The standard InChI is InChI=1S/C15H18N6O/c1-10-12-14(17-9-18-15(12)22-19-10)21-6-3-4-11(8-21)13-16-5-7-20(13)2/h5,7,9,11H,3-4,6,8H2,1-2H3/t11-/m0/s1. The van der Waals surface area contributed by atoms with Gasteiger partial charge < -0.3 is 14.0 Å². The number of aromatic nitrogens is 5. The van der Waals surface area contributed by atoms with Gasteiger partial charge in [0.25, 0.3) is 5.71 Å². The second-order valence-corrected chi connectivity index (χ2v) is 5.83. The molecule has 7 nitrogen and oxygen atoms in total. The average Bonchev–Trinajstić information content (AvgIpc) is 3.14. The molecule has 0 N–H and O–H groups in total. The predicted octanol–water partition coefficient (Wildman–Crippen LogP) is 2.04. The molecule has 22 heavy (non-hydrogen) atoms. The van der Waals surface area contributed by atoms with Crippen molar-refractivity contribution in [3.63, 3.8) is 0 Å². The lowest BCUT2D eigenvalue weighted by molar-refractivity contribution is 0.442. The highest BCUT2D eigenvalue weighted by molar-refractivity contribution is 5.87. The van der Waals surface area contributed by atoms with Crippen LogP contribution in [0.1, 0.15) is 30.3 Å². The Morgan fingerprint density at radius 1 is 1.27 bits per heavy atom. The summed E-state index contributed by atoms with van der Waals surface area (Å²) in [5, 5.41) is 4.93. The molecule has 0 spiro atoms. The molecule has 0 radical (unpaired) electrons. The molecule has 0 saturated carbocycles. The minimum Gasteiger partial charge on any atom is -0.355 e. The summed E-state index contributed by atoms with van der Waals surface area (Å²) in [4.78, 5) is 15.5. The number of imidazole rings is 1. The number of anilines is 1. The molecule has 7 heteroatoms. The zero-order chi connectivity index (χ0) is 15.1. The first-order valence-electron chi connectivity index (χ1n) is 7.53. The van der Waals surface area contributed by atoms with E-state index in [-0.39, 0.29) is 0 Å². The summed E-state index contributed by atoms with van der Waals surface area (Å²) in [7, 11) is 2.05. The second-order valence-electron chi connectivity index (χ2n) is 5.83. The Balaban J connectivity index is 1.70. The molecule has 0 aromatic carbocycles. The van der Waals surface area contributed by atoms with Crippen molar-refractivity contribution in [1.82, 2.24) is 24.7 Å². The Bertz CT molecular complexity index is 807. The molecular weight excluding hydrogens is 280 g/mol. The van der Waals surface area contributed by atoms with Gasteiger partial charge in [-0.2, -0.15) is 4.98 Å². The normalized spacial score (nSPS) is 19.0. The molecule has 3 aromatic heterocycles. The number of fused-ring (bicyclic) bond motifs is 1. The van der Waals surface area contributed by atoms with Crippen molar-refractivity contribution in [3.8, 4) is 0 Å². The molecule has 4 rings (SSSR count). The predicted molar refractivity (Wildman–Crippen MR) is 81.7 cm³/mol. The molecule has 1 fully saturated rings. The fourth-order valence-electron chi connectivity index (χ4n) is 3.29. The van der Waals surface area contributed by atoms with E-state index in [4.69, 9.17) is 4.52 Å². The van der Waals surface area contributed by atoms with Crippen LogP contribution >= 0.6 is 0 Å². The van der Waals surface area contributed by atoms with Gasteiger partial charge >= 0.3 is 0 Å². The third-order valence-corrected chi connectivity index (χ3v) is 4.37. The quantitative estimate of drug-likeness (QED) is 0.721. The molecule has 1 saturated heterocycles. The van der Waals surface area contributed by atoms with Gasteiger partial charge in [-0.15, -0.1) is 0 Å². The van der Waals surface area contributed by atoms with Crippen molar-refractivity contribution in [2.24, 2.45) is 7.05 Å². The summed E-state index contributed by atoms with van der Waals surface area (Å²) in [6, 6.07) is 0. The van der Waals surface area contributed by atoms with Gasteiger partial charge in [0, 0.05) is 38.4 Å². The fourth-order valence-corrected chi connectivity index (χ4v) is 3.29. The minimum atomic E-state index is 0.416. The van der Waals surface area contributed by atoms with E-state index in [2.05, 4.69) is 29.6 Å². The highest BCUT2D eigenvalue weighted by Crippen LogP contribution is 2.32. The van der Waals surface area contributed by atoms with Crippen LogP contribution in [0, 0.1) is 6.92 Å². The number of piperidine rings is 1. The second kappa shape index (κ2) is 5.08. The third kappa shape index (κ3) is 2.04. The van der Waals surface area contributed by atoms with E-state index in [0.717, 1.165) is 48.7 Å². The first-order valence-corrected chi connectivity index (χ1v) is 7.53. The zero-order valence-corrected chi connectivity index (χ0v) is 12.7. The van der Waals surface area contributed by atoms with Crippen molar-refractivity contribution < 1.29 is 4.52 Å². The van der Waals surface area contributed by atoms with Gasteiger partial charge in [-0.3, -0.25) is 0 Å². The number of aryl methyl sites for hydroxylation is 2. The lowest BCUT2D eigenvalue weighted by atomic mass is 9.97. The number of hydrogen-bond acceptors (Lipinski definition) is 6. The SMILES string of the molecule is Cc1noc2ncnc(N3CCC[C@H](c4nccn4C)C3)c12. The first-order chi connectivity index (χ1) is 10.7. The number of nitrogens with zero attached hydrogens (tertiary/aromatic N) is 6. The summed E-state index contributed by atoms with van der Waals surface area (Å²) >= 11 is 0. The molecule has 1 aliphatic heterocycles. The van der Waals surface area contributed by atoms with Crippen LogP contribution in [0.4, 0.5) is 5.82 Å². The maximum Gasteiger partial charge on any atom is 0.263 e. The van der Waals surface area contributed by atoms with Gasteiger partial charge in [0.05, 0.1) is 5.69 Å². The van der Waals surface area contributed by atoms with E-state index in [1.54, 1.807) is 6.33 Å². The topological polar surface area (TPSA) is 72.9 Å². The van der Waals surface area contributed by atoms with Crippen LogP contribution in [-0.2, 0) is 7.05 Å². The van der Waals surface area contributed by atoms with Crippen molar-refractivity contribution in [2.75, 3.05) is 18.0 Å². The van der Waals surface area contributed by atoms with Gasteiger partial charge in [-0.05, 0) is 19.8 Å². The molecule has 114 valence electrons. The van der Waals surface area contributed by atoms with Crippen LogP contribution in [-0.4, -0.2) is 37.8 Å². The Morgan fingerprint density at radius 3 is 3.00 bits per heavy atom. The molecule has 3 aromatic rings. The largest absolute Gasteiger partial charge is 0.355 e. The third-order valence-electron chi connectivity index (χ3n) is 4.37. The summed E-state index contributed by atoms with van der Waals surface area (Å²) in [5.41, 5.74) is 1.39. The van der Waals surface area contributed by atoms with Crippen LogP contribution < -0.4 is 4.90 Å². The lowest BCUT2D eigenvalue weighted by Crippen LogP contribution is -2.36. The van der Waals surface area contributed by atoms with Gasteiger partial charge in [0.1, 0.15) is 23.4 Å². The minimum absolute atomic E-state index is 0.416. The summed E-state index contributed by atoms with van der Waals surface area (Å²) in [6.07, 6.45) is 7.68. The van der Waals surface area contributed by atoms with Gasteiger partial charge in [-0.1, -0.05) is 5.16 Å². The number of rotatable bonds is 2. The highest BCUT2D eigenvalue weighted by Gasteiger charge is 2.27. The molecule has 0 aliphatic carbocycles. The van der Waals surface area contributed by atoms with Crippen molar-refractivity contribution in [3.05, 3.63) is 30.2 Å². The van der Waals surface area contributed by atoms with E-state index >= 15 is 0 Å². The molecule has 1 atom stereocenters. The molecule has 0 amide bonds. The Hall–Kier alpha value is -2.44. The lowest BCUT2D eigenvalue weighted by Gasteiger charge is -2.33. The zero-order valence-electron chi connectivity index (χ0n) is 12.7. The maximum atomic E-state index is 5.25. The van der Waals surface area contributed by atoms with E-state index in [0.29, 0.717) is 11.6 Å². The Labute approximate surface area is 128 Å². The molecule has 0 unspecified atom stereocenters. The van der Waals surface area contributed by atoms with Crippen LogP contribution in [0.5, 0.6) is 0 Å². The fraction of sp³-hybridized carbons (Fsp3) is 0.467. The first kappa shape index (κ1) is 13.2. The smallest absolute Gasteiger partial charge is 0.263 e. The van der Waals surface area contributed by atoms with Crippen LogP contribution in [0.2, 0.25) is 0 Å². The molecule has 0 bridgehead atoms. The van der Waals surface area contributed by atoms with Gasteiger partial charge in [-0.25, -0.2) is 9.97 Å². The summed E-state index contributed by atoms with van der Waals surface area (Å²) < 4.78 is 7.36. The molecule has 1 aliphatic rings.